The summed E-state index contributed by atoms with van der Waals surface area (Å²) in [7, 11) is 0. The Bertz CT molecular complexity index is 836. The van der Waals surface area contributed by atoms with Gasteiger partial charge in [-0.1, -0.05) is 29.3 Å². The standard InChI is InChI=1S/C17H15Cl2N3O2S/c1-9-3-4-14(8-15(9)20-10(2)23)21-17(25)22-16(24)11-5-12(18)7-13(19)6-11/h3-8H,1-2H3,(H,20,23)(H2,21,22,24,25). The SMILES string of the molecule is CC(=O)Nc1cc(NC(=S)NC(=O)c2cc(Cl)cc(Cl)c2)ccc1C. The second-order valence-corrected chi connectivity index (χ2v) is 6.56. The van der Waals surface area contributed by atoms with Crippen LogP contribution in [-0.2, 0) is 4.79 Å². The summed E-state index contributed by atoms with van der Waals surface area (Å²) in [5, 5.41) is 9.00. The Kier molecular flexibility index (Phi) is 6.36. The summed E-state index contributed by atoms with van der Waals surface area (Å²) in [5.41, 5.74) is 2.49. The van der Waals surface area contributed by atoms with Gasteiger partial charge in [-0.15, -0.1) is 0 Å². The second-order valence-electron chi connectivity index (χ2n) is 5.28. The Morgan fingerprint density at radius 1 is 1.00 bits per heavy atom. The van der Waals surface area contributed by atoms with Crippen molar-refractivity contribution < 1.29 is 9.59 Å². The van der Waals surface area contributed by atoms with E-state index in [1.807, 2.05) is 13.0 Å². The molecule has 0 saturated heterocycles. The van der Waals surface area contributed by atoms with E-state index in [-0.39, 0.29) is 11.0 Å². The van der Waals surface area contributed by atoms with E-state index in [1.165, 1.54) is 25.1 Å². The highest BCUT2D eigenvalue weighted by atomic mass is 35.5. The number of benzene rings is 2. The molecule has 2 aromatic carbocycles. The number of carbonyl (C=O) groups excluding carboxylic acids is 2. The van der Waals surface area contributed by atoms with Gasteiger partial charge >= 0.3 is 0 Å². The van der Waals surface area contributed by atoms with Gasteiger partial charge in [0.2, 0.25) is 5.91 Å². The highest BCUT2D eigenvalue weighted by Gasteiger charge is 2.10. The van der Waals surface area contributed by atoms with Crippen molar-refractivity contribution >= 4 is 63.7 Å². The molecule has 0 radical (unpaired) electrons. The van der Waals surface area contributed by atoms with Gasteiger partial charge in [0.15, 0.2) is 5.11 Å². The summed E-state index contributed by atoms with van der Waals surface area (Å²) >= 11 is 16.9. The molecule has 2 aromatic rings. The molecule has 0 aliphatic carbocycles. The van der Waals surface area contributed by atoms with Gasteiger partial charge in [-0.05, 0) is 55.0 Å². The minimum absolute atomic E-state index is 0.110. The van der Waals surface area contributed by atoms with Crippen LogP contribution >= 0.6 is 35.4 Å². The van der Waals surface area contributed by atoms with Crippen LogP contribution in [0.15, 0.2) is 36.4 Å². The predicted octanol–water partition coefficient (Wildman–Crippen LogP) is 4.39. The fourth-order valence-corrected chi connectivity index (χ4v) is 2.78. The molecule has 5 nitrogen and oxygen atoms in total. The number of thiocarbonyl (C=S) groups is 1. The van der Waals surface area contributed by atoms with E-state index in [0.29, 0.717) is 27.0 Å². The van der Waals surface area contributed by atoms with E-state index in [4.69, 9.17) is 35.4 Å². The van der Waals surface area contributed by atoms with Crippen molar-refractivity contribution in [1.29, 1.82) is 0 Å². The fraction of sp³-hybridized carbons (Fsp3) is 0.118. The van der Waals surface area contributed by atoms with Crippen molar-refractivity contribution in [3.63, 3.8) is 0 Å². The van der Waals surface area contributed by atoms with Crippen LogP contribution in [0.25, 0.3) is 0 Å². The third-order valence-corrected chi connectivity index (χ3v) is 3.80. The first kappa shape index (κ1) is 19.2. The number of carbonyl (C=O) groups is 2. The van der Waals surface area contributed by atoms with E-state index in [9.17, 15) is 9.59 Å². The van der Waals surface area contributed by atoms with E-state index < -0.39 is 5.91 Å². The molecule has 8 heteroatoms. The van der Waals surface area contributed by atoms with E-state index in [0.717, 1.165) is 5.56 Å². The second kappa shape index (κ2) is 8.29. The minimum atomic E-state index is -0.434. The summed E-state index contributed by atoms with van der Waals surface area (Å²) in [5.74, 6) is -0.606. The number of hydrogen-bond acceptors (Lipinski definition) is 3. The first-order chi connectivity index (χ1) is 11.7. The van der Waals surface area contributed by atoms with Crippen molar-refractivity contribution in [2.24, 2.45) is 0 Å². The van der Waals surface area contributed by atoms with Gasteiger partial charge in [-0.3, -0.25) is 14.9 Å². The smallest absolute Gasteiger partial charge is 0.257 e. The zero-order valence-corrected chi connectivity index (χ0v) is 15.8. The maximum absolute atomic E-state index is 12.2. The van der Waals surface area contributed by atoms with Crippen LogP contribution in [0.5, 0.6) is 0 Å². The molecule has 2 rings (SSSR count). The molecule has 2 amide bonds. The molecule has 3 N–H and O–H groups in total. The molecule has 0 saturated carbocycles. The summed E-state index contributed by atoms with van der Waals surface area (Å²) in [6.45, 7) is 3.30. The lowest BCUT2D eigenvalue weighted by Crippen LogP contribution is -2.34. The van der Waals surface area contributed by atoms with Crippen molar-refractivity contribution in [3.05, 3.63) is 57.6 Å². The average Bonchev–Trinajstić information content (AvgIpc) is 2.49. The van der Waals surface area contributed by atoms with Crippen LogP contribution in [0.1, 0.15) is 22.8 Å². The molecule has 25 heavy (non-hydrogen) atoms. The quantitative estimate of drug-likeness (QED) is 0.674. The highest BCUT2D eigenvalue weighted by Crippen LogP contribution is 2.21. The lowest BCUT2D eigenvalue weighted by Gasteiger charge is -2.13. The molecule has 0 aromatic heterocycles. The van der Waals surface area contributed by atoms with Crippen LogP contribution in [0.2, 0.25) is 10.0 Å². The Labute approximate surface area is 160 Å². The van der Waals surface area contributed by atoms with Crippen LogP contribution < -0.4 is 16.0 Å². The van der Waals surface area contributed by atoms with Crippen molar-refractivity contribution in [3.8, 4) is 0 Å². The summed E-state index contributed by atoms with van der Waals surface area (Å²) in [6, 6.07) is 9.86. The lowest BCUT2D eigenvalue weighted by molar-refractivity contribution is -0.114. The van der Waals surface area contributed by atoms with Gasteiger partial charge in [-0.2, -0.15) is 0 Å². The molecule has 0 atom stereocenters. The van der Waals surface area contributed by atoms with Crippen LogP contribution in [-0.4, -0.2) is 16.9 Å². The topological polar surface area (TPSA) is 70.2 Å². The fourth-order valence-electron chi connectivity index (χ4n) is 2.05. The van der Waals surface area contributed by atoms with Gasteiger partial charge in [0.05, 0.1) is 0 Å². The maximum Gasteiger partial charge on any atom is 0.257 e. The largest absolute Gasteiger partial charge is 0.332 e. The Balaban J connectivity index is 2.07. The molecule has 0 bridgehead atoms. The zero-order valence-electron chi connectivity index (χ0n) is 13.4. The van der Waals surface area contributed by atoms with Crippen LogP contribution in [0, 0.1) is 6.92 Å². The first-order valence-electron chi connectivity index (χ1n) is 7.21. The molecule has 0 aliphatic heterocycles. The zero-order chi connectivity index (χ0) is 18.6. The van der Waals surface area contributed by atoms with E-state index >= 15 is 0 Å². The summed E-state index contributed by atoms with van der Waals surface area (Å²) in [6.07, 6.45) is 0. The van der Waals surface area contributed by atoms with Crippen LogP contribution in [0.3, 0.4) is 0 Å². The molecule has 0 aliphatic rings. The number of anilines is 2. The average molecular weight is 396 g/mol. The van der Waals surface area contributed by atoms with E-state index in [1.54, 1.807) is 12.1 Å². The van der Waals surface area contributed by atoms with E-state index in [2.05, 4.69) is 16.0 Å². The van der Waals surface area contributed by atoms with Gasteiger partial charge in [0.25, 0.3) is 5.91 Å². The molecular weight excluding hydrogens is 381 g/mol. The number of hydrogen-bond donors (Lipinski definition) is 3. The van der Waals surface area contributed by atoms with Crippen LogP contribution in [0.4, 0.5) is 11.4 Å². The number of rotatable bonds is 3. The number of halogens is 2. The number of aryl methyl sites for hydroxylation is 1. The third-order valence-electron chi connectivity index (χ3n) is 3.16. The molecule has 130 valence electrons. The molecule has 0 unspecified atom stereocenters. The third kappa shape index (κ3) is 5.70. The van der Waals surface area contributed by atoms with Crippen molar-refractivity contribution in [1.82, 2.24) is 5.32 Å². The van der Waals surface area contributed by atoms with Gasteiger partial charge < -0.3 is 10.6 Å². The van der Waals surface area contributed by atoms with Crippen molar-refractivity contribution in [2.75, 3.05) is 10.6 Å². The molecule has 0 spiro atoms. The number of amides is 2. The van der Waals surface area contributed by atoms with Gasteiger partial charge in [0, 0.05) is 33.9 Å². The molecular formula is C17H15Cl2N3O2S. The van der Waals surface area contributed by atoms with Crippen molar-refractivity contribution in [2.45, 2.75) is 13.8 Å². The Hall–Kier alpha value is -2.15. The highest BCUT2D eigenvalue weighted by molar-refractivity contribution is 7.80. The minimum Gasteiger partial charge on any atom is -0.332 e. The molecule has 0 fully saturated rings. The van der Waals surface area contributed by atoms with Gasteiger partial charge in [0.1, 0.15) is 0 Å². The van der Waals surface area contributed by atoms with Gasteiger partial charge in [-0.25, -0.2) is 0 Å². The predicted molar refractivity (Wildman–Crippen MR) is 106 cm³/mol. The summed E-state index contributed by atoms with van der Waals surface area (Å²) in [4.78, 5) is 23.4. The normalized spacial score (nSPS) is 10.1. The maximum atomic E-state index is 12.2. The first-order valence-corrected chi connectivity index (χ1v) is 8.37. The number of nitrogens with one attached hydrogen (secondary N) is 3. The summed E-state index contributed by atoms with van der Waals surface area (Å²) < 4.78 is 0. The Morgan fingerprint density at radius 3 is 2.24 bits per heavy atom. The molecule has 0 heterocycles. The monoisotopic (exact) mass is 395 g/mol. The Morgan fingerprint density at radius 2 is 1.64 bits per heavy atom. The lowest BCUT2D eigenvalue weighted by atomic mass is 10.2.